The molecule has 0 aliphatic carbocycles. The van der Waals surface area contributed by atoms with Crippen molar-refractivity contribution in [2.75, 3.05) is 66.6 Å². The van der Waals surface area contributed by atoms with Crippen LogP contribution in [0.2, 0.25) is 0 Å². The Hall–Kier alpha value is -1.60. The minimum Gasteiger partial charge on any atom is -0.382 e. The van der Waals surface area contributed by atoms with Crippen molar-refractivity contribution in [3.8, 4) is 0 Å². The first kappa shape index (κ1) is 19.7. The Labute approximate surface area is 151 Å². The highest BCUT2D eigenvalue weighted by atomic mass is 16.5. The summed E-state index contributed by atoms with van der Waals surface area (Å²) in [6.45, 7) is 8.53. The monoisotopic (exact) mass is 351 g/mol. The number of rotatable bonds is 8. The molecule has 0 saturated carbocycles. The number of likely N-dealkylation sites (tertiary alicyclic amines) is 1. The fraction of sp³-hybridized carbons (Fsp3) is 0.778. The van der Waals surface area contributed by atoms with E-state index in [4.69, 9.17) is 4.74 Å². The molecule has 1 fully saturated rings. The highest BCUT2D eigenvalue weighted by molar-refractivity contribution is 5.85. The van der Waals surface area contributed by atoms with Gasteiger partial charge in [0.25, 0.3) is 0 Å². The Morgan fingerprint density at radius 2 is 2.12 bits per heavy atom. The summed E-state index contributed by atoms with van der Waals surface area (Å²) < 4.78 is 5.39. The van der Waals surface area contributed by atoms with Gasteiger partial charge in [-0.25, -0.2) is 4.99 Å². The highest BCUT2D eigenvalue weighted by Crippen LogP contribution is 2.17. The molecule has 1 amide bonds. The molecule has 0 bridgehead atoms. The molecule has 2 heterocycles. The first-order valence-corrected chi connectivity index (χ1v) is 9.32. The number of carbonyl (C=O) groups excluding carboxylic acids is 1. The zero-order valence-corrected chi connectivity index (χ0v) is 15.9. The second-order valence-electron chi connectivity index (χ2n) is 6.72. The van der Waals surface area contributed by atoms with E-state index in [-0.39, 0.29) is 12.5 Å². The molecule has 2 rings (SSSR count). The maximum absolute atomic E-state index is 11.9. The van der Waals surface area contributed by atoms with E-state index in [2.05, 4.69) is 32.3 Å². The number of nitrogens with zero attached hydrogens (tertiary/aromatic N) is 4. The van der Waals surface area contributed by atoms with Gasteiger partial charge in [0.1, 0.15) is 6.54 Å². The zero-order valence-electron chi connectivity index (χ0n) is 15.9. The van der Waals surface area contributed by atoms with Crippen LogP contribution in [0.1, 0.15) is 19.8 Å². The molecule has 0 spiro atoms. The number of carbonyl (C=O) groups is 1. The Kier molecular flexibility index (Phi) is 8.21. The second kappa shape index (κ2) is 10.4. The van der Waals surface area contributed by atoms with Crippen LogP contribution in [0.5, 0.6) is 0 Å². The maximum Gasteiger partial charge on any atom is 0.243 e. The summed E-state index contributed by atoms with van der Waals surface area (Å²) in [5.74, 6) is 0.870. The quantitative estimate of drug-likeness (QED) is 0.297. The molecule has 1 N–H and O–H groups in total. The van der Waals surface area contributed by atoms with Gasteiger partial charge < -0.3 is 19.9 Å². The van der Waals surface area contributed by atoms with Crippen LogP contribution in [-0.2, 0) is 9.53 Å². The van der Waals surface area contributed by atoms with E-state index < -0.39 is 0 Å². The molecule has 1 unspecified atom stereocenters. The van der Waals surface area contributed by atoms with E-state index in [1.807, 2.05) is 6.92 Å². The van der Waals surface area contributed by atoms with Gasteiger partial charge in [0.15, 0.2) is 5.96 Å². The van der Waals surface area contributed by atoms with Gasteiger partial charge in [0.05, 0.1) is 0 Å². The van der Waals surface area contributed by atoms with Crippen molar-refractivity contribution in [1.82, 2.24) is 20.0 Å². The third-order valence-corrected chi connectivity index (χ3v) is 4.64. The van der Waals surface area contributed by atoms with Crippen molar-refractivity contribution in [3.63, 3.8) is 0 Å². The van der Waals surface area contributed by atoms with E-state index >= 15 is 0 Å². The predicted molar refractivity (Wildman–Crippen MR) is 101 cm³/mol. The van der Waals surface area contributed by atoms with Crippen molar-refractivity contribution in [2.24, 2.45) is 4.99 Å². The molecular formula is C18H33N5O2. The molecule has 1 saturated heterocycles. The van der Waals surface area contributed by atoms with Gasteiger partial charge in [0, 0.05) is 66.1 Å². The number of hydrogen-bond donors (Lipinski definition) is 1. The molecule has 1 atom stereocenters. The van der Waals surface area contributed by atoms with Crippen LogP contribution >= 0.6 is 0 Å². The molecule has 142 valence electrons. The number of guanidine groups is 1. The largest absolute Gasteiger partial charge is 0.382 e. The molecule has 7 heteroatoms. The molecule has 25 heavy (non-hydrogen) atoms. The summed E-state index contributed by atoms with van der Waals surface area (Å²) in [7, 11) is 3.53. The van der Waals surface area contributed by atoms with Gasteiger partial charge in [-0.1, -0.05) is 12.2 Å². The smallest absolute Gasteiger partial charge is 0.243 e. The van der Waals surface area contributed by atoms with Gasteiger partial charge in [-0.3, -0.25) is 9.69 Å². The maximum atomic E-state index is 11.9. The molecule has 7 nitrogen and oxygen atoms in total. The molecule has 2 aliphatic heterocycles. The Morgan fingerprint density at radius 1 is 1.36 bits per heavy atom. The molecule has 0 aromatic heterocycles. The summed E-state index contributed by atoms with van der Waals surface area (Å²) in [4.78, 5) is 22.8. The lowest BCUT2D eigenvalue weighted by Crippen LogP contribution is -2.43. The average Bonchev–Trinajstić information content (AvgIpc) is 3.28. The molecule has 0 aromatic rings. The summed E-state index contributed by atoms with van der Waals surface area (Å²) >= 11 is 0. The highest BCUT2D eigenvalue weighted by Gasteiger charge is 2.29. The van der Waals surface area contributed by atoms with E-state index in [0.717, 1.165) is 64.7 Å². The van der Waals surface area contributed by atoms with Crippen molar-refractivity contribution < 1.29 is 9.53 Å². The van der Waals surface area contributed by atoms with Crippen molar-refractivity contribution >= 4 is 11.9 Å². The third kappa shape index (κ3) is 6.32. The minimum atomic E-state index is 0.0214. The van der Waals surface area contributed by atoms with Gasteiger partial charge in [0.2, 0.25) is 5.91 Å². The van der Waals surface area contributed by atoms with Crippen molar-refractivity contribution in [3.05, 3.63) is 12.2 Å². The first-order valence-electron chi connectivity index (χ1n) is 9.32. The van der Waals surface area contributed by atoms with Crippen LogP contribution in [0, 0.1) is 0 Å². The van der Waals surface area contributed by atoms with Gasteiger partial charge in [-0.05, 0) is 19.8 Å². The number of ether oxygens (including phenoxy) is 1. The van der Waals surface area contributed by atoms with Gasteiger partial charge >= 0.3 is 0 Å². The number of amides is 1. The number of aliphatic imine (C=N–C) groups is 1. The summed E-state index contributed by atoms with van der Waals surface area (Å²) in [5.41, 5.74) is 0. The molecule has 2 aliphatic rings. The number of nitrogens with one attached hydrogen (secondary N) is 1. The van der Waals surface area contributed by atoms with Gasteiger partial charge in [-0.15, -0.1) is 0 Å². The lowest BCUT2D eigenvalue weighted by atomic mass is 10.2. The number of likely N-dealkylation sites (N-methyl/N-ethyl adjacent to an activating group) is 1. The van der Waals surface area contributed by atoms with E-state index in [0.29, 0.717) is 6.04 Å². The Morgan fingerprint density at radius 3 is 2.80 bits per heavy atom. The summed E-state index contributed by atoms with van der Waals surface area (Å²) in [6.07, 6.45) is 6.55. The fourth-order valence-electron chi connectivity index (χ4n) is 3.10. The lowest BCUT2D eigenvalue weighted by molar-refractivity contribution is -0.127. The predicted octanol–water partition coefficient (Wildman–Crippen LogP) is 0.393. The SMILES string of the molecule is CCOCCCNC(=NCC(=O)N(C)C)N1CCC(N2CC=CC2)C1. The van der Waals surface area contributed by atoms with Crippen LogP contribution in [0.15, 0.2) is 17.1 Å². The lowest BCUT2D eigenvalue weighted by Gasteiger charge is -2.25. The minimum absolute atomic E-state index is 0.0214. The third-order valence-electron chi connectivity index (χ3n) is 4.64. The topological polar surface area (TPSA) is 60.4 Å². The van der Waals surface area contributed by atoms with E-state index in [9.17, 15) is 4.79 Å². The standard InChI is InChI=1S/C18H33N5O2/c1-4-25-13-7-9-19-18(20-14-17(24)21(2)3)23-12-8-16(15-23)22-10-5-6-11-22/h5-6,16H,4,7-15H2,1-3H3,(H,19,20). The molecular weight excluding hydrogens is 318 g/mol. The first-order chi connectivity index (χ1) is 12.1. The molecule has 0 radical (unpaired) electrons. The normalized spacial score (nSPS) is 21.2. The van der Waals surface area contributed by atoms with Crippen LogP contribution in [0.25, 0.3) is 0 Å². The van der Waals surface area contributed by atoms with Crippen LogP contribution in [0.3, 0.4) is 0 Å². The van der Waals surface area contributed by atoms with E-state index in [1.54, 1.807) is 19.0 Å². The van der Waals surface area contributed by atoms with Gasteiger partial charge in [-0.2, -0.15) is 0 Å². The van der Waals surface area contributed by atoms with E-state index in [1.165, 1.54) is 0 Å². The second-order valence-corrected chi connectivity index (χ2v) is 6.72. The van der Waals surface area contributed by atoms with Crippen molar-refractivity contribution in [1.29, 1.82) is 0 Å². The zero-order chi connectivity index (χ0) is 18.1. The Balaban J connectivity index is 1.88. The summed E-state index contributed by atoms with van der Waals surface area (Å²) in [5, 5.41) is 3.42. The number of hydrogen-bond acceptors (Lipinski definition) is 4. The fourth-order valence-corrected chi connectivity index (χ4v) is 3.10. The van der Waals surface area contributed by atoms with Crippen molar-refractivity contribution in [2.45, 2.75) is 25.8 Å². The Bertz CT molecular complexity index is 470. The van der Waals surface area contributed by atoms with Crippen LogP contribution in [-0.4, -0.2) is 99.2 Å². The van der Waals surface area contributed by atoms with Crippen LogP contribution < -0.4 is 5.32 Å². The summed E-state index contributed by atoms with van der Waals surface area (Å²) in [6, 6.07) is 0.565. The van der Waals surface area contributed by atoms with Crippen LogP contribution in [0.4, 0.5) is 0 Å². The average molecular weight is 351 g/mol. The molecule has 0 aromatic carbocycles.